The molecule has 1 saturated heterocycles. The summed E-state index contributed by atoms with van der Waals surface area (Å²) in [7, 11) is 0. The molecule has 4 rings (SSSR count). The number of carbonyl (C=O) groups is 2. The zero-order valence-electron chi connectivity index (χ0n) is 17.9. The van der Waals surface area contributed by atoms with Crippen molar-refractivity contribution < 1.29 is 19.1 Å². The highest BCUT2D eigenvalue weighted by Crippen LogP contribution is 2.30. The van der Waals surface area contributed by atoms with Crippen LogP contribution in [0.5, 0.6) is 23.1 Å². The average Bonchev–Trinajstić information content (AvgIpc) is 3.29. The Morgan fingerprint density at radius 1 is 1.00 bits per heavy atom. The van der Waals surface area contributed by atoms with E-state index in [1.165, 1.54) is 6.08 Å². The number of nitrogens with zero attached hydrogens (tertiary/aromatic N) is 2. The lowest BCUT2D eigenvalue weighted by molar-refractivity contribution is -0.117. The van der Waals surface area contributed by atoms with Gasteiger partial charge in [0.25, 0.3) is 5.91 Å². The topological polar surface area (TPSA) is 107 Å². The standard InChI is InChI=1S/C25H24N4O4/c1-2-23(30)27-17-14-15-29(16-17)22-13-12-21(24(26)31)25(28-22)33-20-10-8-19(9-11-20)32-18-6-4-3-5-7-18/h2-13,17H,1,14-16H2,(H2,26,31)(H,27,30). The van der Waals surface area contributed by atoms with E-state index in [-0.39, 0.29) is 23.4 Å². The molecule has 1 atom stereocenters. The monoisotopic (exact) mass is 444 g/mol. The Labute approximate surface area is 191 Å². The molecule has 0 radical (unpaired) electrons. The Morgan fingerprint density at radius 3 is 2.33 bits per heavy atom. The van der Waals surface area contributed by atoms with Gasteiger partial charge in [0.2, 0.25) is 11.8 Å². The molecule has 33 heavy (non-hydrogen) atoms. The Morgan fingerprint density at radius 2 is 1.67 bits per heavy atom. The minimum absolute atomic E-state index is 0.00496. The highest BCUT2D eigenvalue weighted by Gasteiger charge is 2.25. The summed E-state index contributed by atoms with van der Waals surface area (Å²) in [4.78, 5) is 30.0. The van der Waals surface area contributed by atoms with E-state index in [9.17, 15) is 9.59 Å². The summed E-state index contributed by atoms with van der Waals surface area (Å²) in [6, 6.07) is 19.8. The first-order valence-corrected chi connectivity index (χ1v) is 10.5. The third-order valence-electron chi connectivity index (χ3n) is 5.17. The van der Waals surface area contributed by atoms with Gasteiger partial charge in [-0.1, -0.05) is 24.8 Å². The van der Waals surface area contributed by atoms with Gasteiger partial charge in [0.1, 0.15) is 28.6 Å². The normalized spacial score (nSPS) is 15.0. The first kappa shape index (κ1) is 21.9. The van der Waals surface area contributed by atoms with Crippen molar-refractivity contribution in [2.24, 2.45) is 5.73 Å². The van der Waals surface area contributed by atoms with Gasteiger partial charge in [0.15, 0.2) is 0 Å². The number of nitrogens with one attached hydrogen (secondary N) is 1. The van der Waals surface area contributed by atoms with Crippen LogP contribution in [0.25, 0.3) is 0 Å². The molecule has 2 amide bonds. The van der Waals surface area contributed by atoms with Crippen molar-refractivity contribution in [3.8, 4) is 23.1 Å². The molecule has 2 heterocycles. The number of hydrogen-bond acceptors (Lipinski definition) is 6. The average molecular weight is 444 g/mol. The van der Waals surface area contributed by atoms with Crippen LogP contribution in [0.2, 0.25) is 0 Å². The largest absolute Gasteiger partial charge is 0.457 e. The van der Waals surface area contributed by atoms with Crippen LogP contribution < -0.4 is 25.4 Å². The van der Waals surface area contributed by atoms with Crippen molar-refractivity contribution in [1.82, 2.24) is 10.3 Å². The van der Waals surface area contributed by atoms with Crippen molar-refractivity contribution in [1.29, 1.82) is 0 Å². The number of ether oxygens (including phenoxy) is 2. The number of rotatable bonds is 8. The lowest BCUT2D eigenvalue weighted by Crippen LogP contribution is -2.36. The van der Waals surface area contributed by atoms with Crippen molar-refractivity contribution in [2.75, 3.05) is 18.0 Å². The minimum Gasteiger partial charge on any atom is -0.457 e. The highest BCUT2D eigenvalue weighted by molar-refractivity contribution is 5.95. The first-order valence-electron chi connectivity index (χ1n) is 10.5. The molecule has 0 saturated carbocycles. The fourth-order valence-electron chi connectivity index (χ4n) is 3.53. The number of para-hydroxylation sites is 1. The number of nitrogens with two attached hydrogens (primary N) is 1. The molecule has 0 spiro atoms. The molecule has 1 aliphatic heterocycles. The fourth-order valence-corrected chi connectivity index (χ4v) is 3.53. The molecule has 1 aromatic heterocycles. The number of carbonyl (C=O) groups excluding carboxylic acids is 2. The van der Waals surface area contributed by atoms with Gasteiger partial charge in [-0.15, -0.1) is 0 Å². The fraction of sp³-hybridized carbons (Fsp3) is 0.160. The zero-order chi connectivity index (χ0) is 23.2. The molecular formula is C25H24N4O4. The second kappa shape index (κ2) is 9.86. The zero-order valence-corrected chi connectivity index (χ0v) is 17.9. The molecule has 2 aromatic carbocycles. The predicted octanol–water partition coefficient (Wildman–Crippen LogP) is 3.65. The molecule has 3 aromatic rings. The van der Waals surface area contributed by atoms with Gasteiger partial charge in [-0.05, 0) is 61.0 Å². The number of anilines is 1. The second-order valence-corrected chi connectivity index (χ2v) is 7.52. The van der Waals surface area contributed by atoms with E-state index in [0.29, 0.717) is 30.4 Å². The molecular weight excluding hydrogens is 420 g/mol. The Bertz CT molecular complexity index is 1150. The molecule has 0 aliphatic carbocycles. The third-order valence-corrected chi connectivity index (χ3v) is 5.17. The van der Waals surface area contributed by atoms with Crippen molar-refractivity contribution in [2.45, 2.75) is 12.5 Å². The highest BCUT2D eigenvalue weighted by atomic mass is 16.5. The van der Waals surface area contributed by atoms with Crippen molar-refractivity contribution in [3.05, 3.63) is 84.9 Å². The van der Waals surface area contributed by atoms with Crippen molar-refractivity contribution >= 4 is 17.6 Å². The predicted molar refractivity (Wildman–Crippen MR) is 125 cm³/mol. The maximum atomic E-state index is 11.9. The third kappa shape index (κ3) is 5.48. The SMILES string of the molecule is C=CC(=O)NC1CCN(c2ccc(C(N)=O)c(Oc3ccc(Oc4ccccc4)cc3)n2)C1. The lowest BCUT2D eigenvalue weighted by atomic mass is 10.2. The summed E-state index contributed by atoms with van der Waals surface area (Å²) in [5.74, 6) is 1.78. The quantitative estimate of drug-likeness (QED) is 0.514. The molecule has 8 heteroatoms. The molecule has 3 N–H and O–H groups in total. The lowest BCUT2D eigenvalue weighted by Gasteiger charge is -2.19. The molecule has 0 bridgehead atoms. The van der Waals surface area contributed by atoms with Gasteiger partial charge in [0.05, 0.1) is 0 Å². The van der Waals surface area contributed by atoms with E-state index in [2.05, 4.69) is 16.9 Å². The Kier molecular flexibility index (Phi) is 6.54. The van der Waals surface area contributed by atoms with Crippen LogP contribution in [0.15, 0.2) is 79.4 Å². The van der Waals surface area contributed by atoms with Crippen molar-refractivity contribution in [3.63, 3.8) is 0 Å². The number of pyridine rings is 1. The van der Waals surface area contributed by atoms with E-state index < -0.39 is 5.91 Å². The Balaban J connectivity index is 1.49. The van der Waals surface area contributed by atoms with Gasteiger partial charge in [0, 0.05) is 19.1 Å². The maximum Gasteiger partial charge on any atom is 0.254 e. The van der Waals surface area contributed by atoms with E-state index in [0.717, 1.165) is 12.2 Å². The maximum absolute atomic E-state index is 11.9. The van der Waals surface area contributed by atoms with E-state index in [4.69, 9.17) is 15.2 Å². The minimum atomic E-state index is -0.634. The van der Waals surface area contributed by atoms with Gasteiger partial charge in [-0.25, -0.2) is 0 Å². The van der Waals surface area contributed by atoms with Crippen LogP contribution in [0, 0.1) is 0 Å². The van der Waals surface area contributed by atoms with Crippen LogP contribution in [-0.2, 0) is 4.79 Å². The summed E-state index contributed by atoms with van der Waals surface area (Å²) in [6.07, 6.45) is 2.03. The van der Waals surface area contributed by atoms with Gasteiger partial charge in [-0.3, -0.25) is 9.59 Å². The Hall–Kier alpha value is -4.33. The second-order valence-electron chi connectivity index (χ2n) is 7.52. The van der Waals surface area contributed by atoms with E-state index in [1.807, 2.05) is 35.2 Å². The number of hydrogen-bond donors (Lipinski definition) is 2. The van der Waals surface area contributed by atoms with Crippen LogP contribution in [0.4, 0.5) is 5.82 Å². The van der Waals surface area contributed by atoms with Gasteiger partial charge in [-0.2, -0.15) is 4.98 Å². The van der Waals surface area contributed by atoms with Crippen LogP contribution in [0.3, 0.4) is 0 Å². The number of primary amides is 1. The smallest absolute Gasteiger partial charge is 0.254 e. The molecule has 1 fully saturated rings. The first-order chi connectivity index (χ1) is 16.0. The number of amides is 2. The summed E-state index contributed by atoms with van der Waals surface area (Å²) in [6.45, 7) is 4.77. The van der Waals surface area contributed by atoms with Gasteiger partial charge < -0.3 is 25.4 Å². The van der Waals surface area contributed by atoms with E-state index >= 15 is 0 Å². The molecule has 168 valence electrons. The van der Waals surface area contributed by atoms with E-state index in [1.54, 1.807) is 36.4 Å². The van der Waals surface area contributed by atoms with Crippen LogP contribution in [0.1, 0.15) is 16.8 Å². The molecule has 1 unspecified atom stereocenters. The summed E-state index contributed by atoms with van der Waals surface area (Å²) < 4.78 is 11.7. The number of aromatic nitrogens is 1. The summed E-state index contributed by atoms with van der Waals surface area (Å²) in [5, 5.41) is 2.89. The van der Waals surface area contributed by atoms with Crippen LogP contribution in [-0.4, -0.2) is 35.9 Å². The molecule has 1 aliphatic rings. The summed E-state index contributed by atoms with van der Waals surface area (Å²) in [5.41, 5.74) is 5.70. The molecule has 8 nitrogen and oxygen atoms in total. The van der Waals surface area contributed by atoms with Gasteiger partial charge >= 0.3 is 0 Å². The summed E-state index contributed by atoms with van der Waals surface area (Å²) >= 11 is 0. The van der Waals surface area contributed by atoms with Crippen LogP contribution >= 0.6 is 0 Å². The number of benzene rings is 2.